The van der Waals surface area contributed by atoms with Crippen molar-refractivity contribution < 1.29 is 78.0 Å². The Labute approximate surface area is 264 Å². The zero-order valence-corrected chi connectivity index (χ0v) is 27.7. The highest BCUT2D eigenvalue weighted by molar-refractivity contribution is 7.73. The van der Waals surface area contributed by atoms with Gasteiger partial charge in [-0.1, -0.05) is 48.5 Å². The SMILES string of the molecule is O=P1([O-])OP(=O)([O-])OP(=O)([O-])OP(=O)([O-])O1.[NH3+]c1ccc(Cc2ccc([NH3+])cc2)cc1.[NH3+]c1ccc(Cc2ccc([NH3+])cc2)cc1. The lowest BCUT2D eigenvalue weighted by atomic mass is 10.0. The van der Waals surface area contributed by atoms with Crippen LogP contribution in [0.1, 0.15) is 22.3 Å². The number of rotatable bonds is 4. The molecule has 0 saturated carbocycles. The largest absolute Gasteiger partial charge is 0.756 e. The van der Waals surface area contributed by atoms with E-state index in [2.05, 4.69) is 88.7 Å². The van der Waals surface area contributed by atoms with E-state index in [1.807, 2.05) is 48.5 Å². The summed E-state index contributed by atoms with van der Waals surface area (Å²) < 4.78 is 54.5. The third-order valence-corrected chi connectivity index (χ3v) is 12.1. The Bertz CT molecular complexity index is 1500. The second-order valence-electron chi connectivity index (χ2n) is 9.73. The van der Waals surface area contributed by atoms with Gasteiger partial charge in [0.2, 0.25) is 0 Å². The van der Waals surface area contributed by atoms with Crippen molar-refractivity contribution in [2.24, 2.45) is 0 Å². The first-order valence-electron chi connectivity index (χ1n) is 13.0. The first kappa shape index (κ1) is 37.8. The molecule has 4 aromatic rings. The van der Waals surface area contributed by atoms with E-state index < -0.39 is 31.3 Å². The lowest BCUT2D eigenvalue weighted by Gasteiger charge is -2.41. The van der Waals surface area contributed by atoms with Gasteiger partial charge in [0.15, 0.2) is 0 Å². The average Bonchev–Trinajstić information content (AvgIpc) is 2.91. The quantitative estimate of drug-likeness (QED) is 0.203. The van der Waals surface area contributed by atoms with Crippen molar-refractivity contribution in [1.29, 1.82) is 0 Å². The molecule has 5 rings (SSSR count). The molecule has 0 unspecified atom stereocenters. The van der Waals surface area contributed by atoms with E-state index in [-0.39, 0.29) is 0 Å². The summed E-state index contributed by atoms with van der Waals surface area (Å²) in [6.07, 6.45) is 1.95. The van der Waals surface area contributed by atoms with E-state index in [0.29, 0.717) is 0 Å². The number of phosphoric acid groups is 4. The molecule has 1 heterocycles. The average molecular weight is 716 g/mol. The van der Waals surface area contributed by atoms with Gasteiger partial charge < -0.3 is 42.5 Å². The van der Waals surface area contributed by atoms with Crippen LogP contribution in [0.15, 0.2) is 97.1 Å². The predicted octanol–water partition coefficient (Wildman–Crippen LogP) is -0.0116. The molecule has 0 atom stereocenters. The van der Waals surface area contributed by atoms with Crippen LogP contribution in [0.5, 0.6) is 0 Å². The van der Waals surface area contributed by atoms with Crippen LogP contribution < -0.4 is 42.5 Å². The highest BCUT2D eigenvalue weighted by atomic mass is 31.3. The van der Waals surface area contributed by atoms with E-state index in [1.54, 1.807) is 0 Å². The minimum Gasteiger partial charge on any atom is -0.756 e. The first-order chi connectivity index (χ1) is 21.3. The summed E-state index contributed by atoms with van der Waals surface area (Å²) >= 11 is 0. The van der Waals surface area contributed by atoms with Gasteiger partial charge in [0, 0.05) is 0 Å². The maximum absolute atomic E-state index is 10.6. The molecular formula is C26H32N4O12P4. The monoisotopic (exact) mass is 716 g/mol. The van der Waals surface area contributed by atoms with E-state index in [1.165, 1.54) is 22.3 Å². The van der Waals surface area contributed by atoms with Gasteiger partial charge in [0.25, 0.3) is 31.3 Å². The Morgan fingerprint density at radius 3 is 0.674 bits per heavy atom. The van der Waals surface area contributed by atoms with E-state index in [9.17, 15) is 37.8 Å². The fraction of sp³-hybridized carbons (Fsp3) is 0.0769. The summed E-state index contributed by atoms with van der Waals surface area (Å²) in [6, 6.07) is 33.4. The molecule has 1 saturated heterocycles. The van der Waals surface area contributed by atoms with Crippen molar-refractivity contribution in [2.75, 3.05) is 0 Å². The summed E-state index contributed by atoms with van der Waals surface area (Å²) in [7, 11) is -23.5. The van der Waals surface area contributed by atoms with Crippen molar-refractivity contribution in [3.05, 3.63) is 119 Å². The summed E-state index contributed by atoms with van der Waals surface area (Å²) in [4.78, 5) is 42.2. The lowest BCUT2D eigenvalue weighted by Crippen LogP contribution is -2.40. The van der Waals surface area contributed by atoms with E-state index >= 15 is 0 Å². The molecule has 1 fully saturated rings. The van der Waals surface area contributed by atoms with E-state index in [4.69, 9.17) is 0 Å². The molecule has 0 aliphatic carbocycles. The van der Waals surface area contributed by atoms with Crippen molar-refractivity contribution in [1.82, 2.24) is 0 Å². The number of hydrogen-bond acceptors (Lipinski definition) is 12. The summed E-state index contributed by atoms with van der Waals surface area (Å²) in [5.41, 5.74) is 25.0. The van der Waals surface area contributed by atoms with Crippen LogP contribution in [0.3, 0.4) is 0 Å². The van der Waals surface area contributed by atoms with Gasteiger partial charge in [0.05, 0.1) is 0 Å². The van der Waals surface area contributed by atoms with E-state index in [0.717, 1.165) is 35.6 Å². The molecule has 1 aliphatic rings. The zero-order valence-electron chi connectivity index (χ0n) is 24.2. The van der Waals surface area contributed by atoms with Crippen LogP contribution in [-0.4, -0.2) is 0 Å². The lowest BCUT2D eigenvalue weighted by molar-refractivity contribution is -0.265. The summed E-state index contributed by atoms with van der Waals surface area (Å²) in [6.45, 7) is 0. The third kappa shape index (κ3) is 14.0. The Balaban J connectivity index is 0.000000188. The Morgan fingerprint density at radius 1 is 0.370 bits per heavy atom. The predicted molar refractivity (Wildman–Crippen MR) is 156 cm³/mol. The molecule has 0 amide bonds. The molecule has 16 nitrogen and oxygen atoms in total. The van der Waals surface area contributed by atoms with Gasteiger partial charge in [-0.3, -0.25) is 18.3 Å². The molecule has 0 bridgehead atoms. The van der Waals surface area contributed by atoms with Crippen molar-refractivity contribution >= 4 is 54.0 Å². The second-order valence-corrected chi connectivity index (χ2v) is 15.9. The van der Waals surface area contributed by atoms with Gasteiger partial charge in [-0.15, -0.1) is 0 Å². The fourth-order valence-corrected chi connectivity index (χ4v) is 9.12. The van der Waals surface area contributed by atoms with Crippen molar-refractivity contribution in [2.45, 2.75) is 12.8 Å². The number of benzene rings is 4. The maximum atomic E-state index is 10.6. The van der Waals surface area contributed by atoms with Gasteiger partial charge >= 0.3 is 0 Å². The van der Waals surface area contributed by atoms with Crippen molar-refractivity contribution in [3.63, 3.8) is 0 Å². The zero-order chi connectivity index (χ0) is 34.2. The van der Waals surface area contributed by atoms with Crippen molar-refractivity contribution in [3.8, 4) is 0 Å². The second kappa shape index (κ2) is 15.9. The Morgan fingerprint density at radius 2 is 0.522 bits per heavy atom. The Hall–Kier alpha value is -2.68. The summed E-state index contributed by atoms with van der Waals surface area (Å²) in [5.74, 6) is 0. The summed E-state index contributed by atoms with van der Waals surface area (Å²) in [5, 5.41) is 0. The molecule has 46 heavy (non-hydrogen) atoms. The van der Waals surface area contributed by atoms with Crippen LogP contribution in [0, 0.1) is 0 Å². The van der Waals surface area contributed by atoms with Gasteiger partial charge in [-0.05, 0) is 83.6 Å². The van der Waals surface area contributed by atoms with Gasteiger partial charge in [-0.25, -0.2) is 17.2 Å². The molecule has 4 aromatic carbocycles. The van der Waals surface area contributed by atoms with Crippen LogP contribution >= 0.6 is 31.3 Å². The molecular weight excluding hydrogens is 684 g/mol. The number of quaternary nitrogens is 4. The topological polar surface area (TPSA) is 308 Å². The van der Waals surface area contributed by atoms with Crippen LogP contribution in [0.25, 0.3) is 0 Å². The normalized spacial score (nSPS) is 25.9. The first-order valence-corrected chi connectivity index (χ1v) is 18.9. The third-order valence-electron chi connectivity index (χ3n) is 5.71. The molecule has 248 valence electrons. The minimum absolute atomic E-state index is 0.973. The fourth-order valence-electron chi connectivity index (χ4n) is 3.65. The van der Waals surface area contributed by atoms with Gasteiger partial charge in [-0.2, -0.15) is 0 Å². The molecule has 0 radical (unpaired) electrons. The smallest absolute Gasteiger partial charge is 0.280 e. The molecule has 12 N–H and O–H groups in total. The Kier molecular flexibility index (Phi) is 13.1. The highest BCUT2D eigenvalue weighted by Gasteiger charge is 2.35. The van der Waals surface area contributed by atoms with Gasteiger partial charge in [0.1, 0.15) is 22.7 Å². The maximum Gasteiger partial charge on any atom is 0.280 e. The van der Waals surface area contributed by atoms with Crippen LogP contribution in [-0.2, 0) is 48.3 Å². The van der Waals surface area contributed by atoms with Crippen LogP contribution in [0.4, 0.5) is 22.7 Å². The molecule has 1 aliphatic heterocycles. The highest BCUT2D eigenvalue weighted by Crippen LogP contribution is 2.73. The molecule has 20 heteroatoms. The molecule has 0 spiro atoms. The standard InChI is InChI=1S/2C13H14N2.H4O12P4/c2*14-12-5-1-10(2-6-12)9-11-3-7-13(15)8-4-11;1-13(2)9-14(3,4)11-16(7,8)12-15(5,6)10-13/h2*1-8H,9,14-15H2;(H,1,2)(H,3,4)(H,5,6)(H,7,8). The van der Waals surface area contributed by atoms with Crippen LogP contribution in [0.2, 0.25) is 0 Å². The number of hydrogen-bond donors (Lipinski definition) is 4. The molecule has 0 aromatic heterocycles. The minimum atomic E-state index is -5.87.